The van der Waals surface area contributed by atoms with Crippen molar-refractivity contribution in [1.82, 2.24) is 9.80 Å². The highest BCUT2D eigenvalue weighted by molar-refractivity contribution is 5.83. The van der Waals surface area contributed by atoms with E-state index in [1.165, 1.54) is 6.42 Å². The van der Waals surface area contributed by atoms with Gasteiger partial charge in [-0.3, -0.25) is 9.69 Å². The van der Waals surface area contributed by atoms with Gasteiger partial charge in [0.15, 0.2) is 0 Å². The standard InChI is InChI=1S/C16H31N3O2/c1-14(2)3-6-18-7-9-19(10-8-18)15(20)16(13-17)4-11-21-12-5-16/h14H,3-13,17H2,1-2H3. The number of nitrogens with zero attached hydrogens (tertiary/aromatic N) is 2. The lowest BCUT2D eigenvalue weighted by atomic mass is 9.78. The molecule has 0 aromatic rings. The Bertz CT molecular complexity index is 332. The molecule has 0 aromatic carbocycles. The maximum Gasteiger partial charge on any atom is 0.230 e. The maximum absolute atomic E-state index is 12.9. The monoisotopic (exact) mass is 297 g/mol. The summed E-state index contributed by atoms with van der Waals surface area (Å²) in [5.41, 5.74) is 5.58. The molecule has 0 aromatic heterocycles. The molecule has 5 heteroatoms. The molecule has 2 N–H and O–H groups in total. The molecular weight excluding hydrogens is 266 g/mol. The van der Waals surface area contributed by atoms with Crippen molar-refractivity contribution in [2.75, 3.05) is 52.5 Å². The third kappa shape index (κ3) is 4.18. The van der Waals surface area contributed by atoms with Gasteiger partial charge < -0.3 is 15.4 Å². The molecule has 0 spiro atoms. The minimum absolute atomic E-state index is 0.261. The molecule has 0 saturated carbocycles. The van der Waals surface area contributed by atoms with Crippen LogP contribution in [0.3, 0.4) is 0 Å². The van der Waals surface area contributed by atoms with Crippen molar-refractivity contribution in [2.24, 2.45) is 17.1 Å². The molecule has 0 atom stereocenters. The van der Waals surface area contributed by atoms with Crippen LogP contribution in [-0.2, 0) is 9.53 Å². The Morgan fingerprint density at radius 3 is 2.33 bits per heavy atom. The van der Waals surface area contributed by atoms with Gasteiger partial charge in [-0.1, -0.05) is 13.8 Å². The highest BCUT2D eigenvalue weighted by Gasteiger charge is 2.41. The summed E-state index contributed by atoms with van der Waals surface area (Å²) in [7, 11) is 0. The zero-order valence-corrected chi connectivity index (χ0v) is 13.6. The topological polar surface area (TPSA) is 58.8 Å². The summed E-state index contributed by atoms with van der Waals surface area (Å²) in [6.07, 6.45) is 2.78. The van der Waals surface area contributed by atoms with Crippen molar-refractivity contribution in [3.63, 3.8) is 0 Å². The van der Waals surface area contributed by atoms with Crippen LogP contribution in [0.2, 0.25) is 0 Å². The average Bonchev–Trinajstić information content (AvgIpc) is 2.53. The lowest BCUT2D eigenvalue weighted by Gasteiger charge is -2.42. The molecule has 2 rings (SSSR count). The maximum atomic E-state index is 12.9. The number of carbonyl (C=O) groups excluding carboxylic acids is 1. The summed E-state index contributed by atoms with van der Waals surface area (Å²) in [4.78, 5) is 17.4. The fraction of sp³-hybridized carbons (Fsp3) is 0.938. The van der Waals surface area contributed by atoms with Crippen molar-refractivity contribution in [3.05, 3.63) is 0 Å². The Hall–Kier alpha value is -0.650. The lowest BCUT2D eigenvalue weighted by molar-refractivity contribution is -0.149. The van der Waals surface area contributed by atoms with E-state index >= 15 is 0 Å². The summed E-state index contributed by atoms with van der Waals surface area (Å²) >= 11 is 0. The van der Waals surface area contributed by atoms with Crippen molar-refractivity contribution in [1.29, 1.82) is 0 Å². The summed E-state index contributed by atoms with van der Waals surface area (Å²) < 4.78 is 5.40. The van der Waals surface area contributed by atoms with Crippen LogP contribution in [0, 0.1) is 11.3 Å². The molecule has 5 nitrogen and oxygen atoms in total. The Morgan fingerprint density at radius 1 is 1.19 bits per heavy atom. The van der Waals surface area contributed by atoms with E-state index in [2.05, 4.69) is 18.7 Å². The number of hydrogen-bond donors (Lipinski definition) is 1. The molecule has 0 radical (unpaired) electrons. The second-order valence-electron chi connectivity index (χ2n) is 6.91. The van der Waals surface area contributed by atoms with Crippen LogP contribution in [-0.4, -0.2) is 68.2 Å². The van der Waals surface area contributed by atoms with Crippen LogP contribution < -0.4 is 5.73 Å². The summed E-state index contributed by atoms with van der Waals surface area (Å²) in [5.74, 6) is 1.00. The van der Waals surface area contributed by atoms with Crippen molar-refractivity contribution < 1.29 is 9.53 Å². The number of nitrogens with two attached hydrogens (primary N) is 1. The molecule has 2 heterocycles. The largest absolute Gasteiger partial charge is 0.381 e. The number of ether oxygens (including phenoxy) is 1. The number of piperazine rings is 1. The fourth-order valence-electron chi connectivity index (χ4n) is 3.22. The third-order valence-corrected chi connectivity index (χ3v) is 4.98. The molecule has 0 unspecified atom stereocenters. The zero-order chi connectivity index (χ0) is 15.3. The Kier molecular flexibility index (Phi) is 6.02. The first-order valence-corrected chi connectivity index (χ1v) is 8.37. The number of hydrogen-bond acceptors (Lipinski definition) is 4. The number of carbonyl (C=O) groups is 1. The van der Waals surface area contributed by atoms with Gasteiger partial charge in [-0.15, -0.1) is 0 Å². The number of rotatable bonds is 5. The Morgan fingerprint density at radius 2 is 1.81 bits per heavy atom. The van der Waals surface area contributed by atoms with Crippen LogP contribution in [0.5, 0.6) is 0 Å². The molecule has 0 aliphatic carbocycles. The predicted molar refractivity (Wildman–Crippen MR) is 84.0 cm³/mol. The third-order valence-electron chi connectivity index (χ3n) is 4.98. The second-order valence-corrected chi connectivity index (χ2v) is 6.91. The fourth-order valence-corrected chi connectivity index (χ4v) is 3.22. The Balaban J connectivity index is 1.84. The molecule has 2 aliphatic heterocycles. The summed E-state index contributed by atoms with van der Waals surface area (Å²) in [5, 5.41) is 0. The van der Waals surface area contributed by atoms with Gasteiger partial charge in [-0.2, -0.15) is 0 Å². The quantitative estimate of drug-likeness (QED) is 0.820. The van der Waals surface area contributed by atoms with E-state index in [0.29, 0.717) is 19.8 Å². The van der Waals surface area contributed by atoms with Crippen LogP contribution in [0.1, 0.15) is 33.1 Å². The van der Waals surface area contributed by atoms with E-state index in [1.807, 2.05) is 4.90 Å². The number of amides is 1. The minimum Gasteiger partial charge on any atom is -0.381 e. The normalized spacial score (nSPS) is 23.5. The molecule has 21 heavy (non-hydrogen) atoms. The van der Waals surface area contributed by atoms with E-state index < -0.39 is 0 Å². The van der Waals surface area contributed by atoms with E-state index in [9.17, 15) is 4.79 Å². The van der Waals surface area contributed by atoms with Gasteiger partial charge >= 0.3 is 0 Å². The van der Waals surface area contributed by atoms with E-state index in [4.69, 9.17) is 10.5 Å². The van der Waals surface area contributed by atoms with E-state index in [1.54, 1.807) is 0 Å². The van der Waals surface area contributed by atoms with Crippen LogP contribution in [0.15, 0.2) is 0 Å². The van der Waals surface area contributed by atoms with Crippen LogP contribution in [0.4, 0.5) is 0 Å². The van der Waals surface area contributed by atoms with Gasteiger partial charge in [-0.25, -0.2) is 0 Å². The second kappa shape index (κ2) is 7.56. The Labute approximate surface area is 128 Å². The molecule has 0 bridgehead atoms. The SMILES string of the molecule is CC(C)CCN1CCN(C(=O)C2(CN)CCOCC2)CC1. The zero-order valence-electron chi connectivity index (χ0n) is 13.6. The van der Waals surface area contributed by atoms with Gasteiger partial charge in [0, 0.05) is 45.9 Å². The first kappa shape index (κ1) is 16.7. The van der Waals surface area contributed by atoms with Gasteiger partial charge in [-0.05, 0) is 31.7 Å². The highest BCUT2D eigenvalue weighted by Crippen LogP contribution is 2.32. The summed E-state index contributed by atoms with van der Waals surface area (Å²) in [6, 6.07) is 0. The molecule has 2 saturated heterocycles. The van der Waals surface area contributed by atoms with Gasteiger partial charge in [0.1, 0.15) is 0 Å². The molecular formula is C16H31N3O2. The van der Waals surface area contributed by atoms with E-state index in [-0.39, 0.29) is 11.3 Å². The van der Waals surface area contributed by atoms with Crippen LogP contribution in [0.25, 0.3) is 0 Å². The first-order valence-electron chi connectivity index (χ1n) is 8.37. The van der Waals surface area contributed by atoms with Crippen molar-refractivity contribution >= 4 is 5.91 Å². The molecule has 2 fully saturated rings. The van der Waals surface area contributed by atoms with Gasteiger partial charge in [0.25, 0.3) is 0 Å². The predicted octanol–water partition coefficient (Wildman–Crippen LogP) is 0.932. The van der Waals surface area contributed by atoms with Crippen molar-refractivity contribution in [3.8, 4) is 0 Å². The molecule has 122 valence electrons. The summed E-state index contributed by atoms with van der Waals surface area (Å²) in [6.45, 7) is 11.1. The van der Waals surface area contributed by atoms with Crippen LogP contribution >= 0.6 is 0 Å². The highest BCUT2D eigenvalue weighted by atomic mass is 16.5. The smallest absolute Gasteiger partial charge is 0.230 e. The first-order chi connectivity index (χ1) is 10.1. The lowest BCUT2D eigenvalue weighted by Crippen LogP contribution is -2.56. The molecule has 2 aliphatic rings. The van der Waals surface area contributed by atoms with Gasteiger partial charge in [0.05, 0.1) is 5.41 Å². The molecule has 1 amide bonds. The van der Waals surface area contributed by atoms with Crippen molar-refractivity contribution in [2.45, 2.75) is 33.1 Å². The average molecular weight is 297 g/mol. The van der Waals surface area contributed by atoms with E-state index in [0.717, 1.165) is 51.5 Å². The minimum atomic E-state index is -0.363. The van der Waals surface area contributed by atoms with Gasteiger partial charge in [0.2, 0.25) is 5.91 Å².